The largest absolute Gasteiger partial charge is 0.496 e. The molecule has 0 radical (unpaired) electrons. The van der Waals surface area contributed by atoms with E-state index >= 15 is 0 Å². The monoisotopic (exact) mass is 481 g/mol. The molecule has 5 rings (SSSR count). The lowest BCUT2D eigenvalue weighted by Crippen LogP contribution is -2.49. The molecule has 0 fully saturated rings. The van der Waals surface area contributed by atoms with Crippen LogP contribution >= 0.6 is 0 Å². The zero-order valence-electron chi connectivity index (χ0n) is 20.9. The van der Waals surface area contributed by atoms with Crippen molar-refractivity contribution in [3.05, 3.63) is 102 Å². The van der Waals surface area contributed by atoms with Crippen molar-refractivity contribution >= 4 is 22.6 Å². The summed E-state index contributed by atoms with van der Waals surface area (Å²) in [5.74, 6) is 0.521. The number of benzene rings is 3. The van der Waals surface area contributed by atoms with Crippen LogP contribution in [-0.2, 0) is 11.3 Å². The lowest BCUT2D eigenvalue weighted by molar-refractivity contribution is -0.135. The molecular formula is C30H31N3O3. The van der Waals surface area contributed by atoms with Gasteiger partial charge in [-0.1, -0.05) is 54.6 Å². The second-order valence-corrected chi connectivity index (χ2v) is 9.41. The second-order valence-electron chi connectivity index (χ2n) is 9.41. The molecule has 1 aliphatic rings. The number of rotatable bonds is 6. The molecule has 2 heterocycles. The average molecular weight is 482 g/mol. The minimum Gasteiger partial charge on any atom is -0.496 e. The van der Waals surface area contributed by atoms with E-state index in [0.717, 1.165) is 27.8 Å². The van der Waals surface area contributed by atoms with Crippen molar-refractivity contribution in [2.24, 2.45) is 0 Å². The van der Waals surface area contributed by atoms with E-state index in [1.165, 1.54) is 0 Å². The van der Waals surface area contributed by atoms with E-state index in [1.807, 2.05) is 97.7 Å². The fourth-order valence-corrected chi connectivity index (χ4v) is 5.16. The van der Waals surface area contributed by atoms with Crippen molar-refractivity contribution < 1.29 is 14.3 Å². The lowest BCUT2D eigenvalue weighted by Gasteiger charge is -2.39. The van der Waals surface area contributed by atoms with Gasteiger partial charge >= 0.3 is 0 Å². The zero-order chi connectivity index (χ0) is 25.2. The van der Waals surface area contributed by atoms with E-state index in [1.54, 1.807) is 12.0 Å². The predicted molar refractivity (Wildman–Crippen MR) is 141 cm³/mol. The summed E-state index contributed by atoms with van der Waals surface area (Å²) in [6.07, 6.45) is 2.05. The molecule has 1 aromatic heterocycles. The number of hydrogen-bond acceptors (Lipinski definition) is 3. The second kappa shape index (κ2) is 9.90. The molecule has 2 amide bonds. The highest BCUT2D eigenvalue weighted by atomic mass is 16.5. The highest BCUT2D eigenvalue weighted by molar-refractivity contribution is 6.07. The average Bonchev–Trinajstić information content (AvgIpc) is 3.39. The quantitative estimate of drug-likeness (QED) is 0.384. The third kappa shape index (κ3) is 4.24. The van der Waals surface area contributed by atoms with Gasteiger partial charge in [-0.05, 0) is 48.9 Å². The van der Waals surface area contributed by atoms with Gasteiger partial charge in [-0.3, -0.25) is 9.59 Å². The molecular weight excluding hydrogens is 450 g/mol. The van der Waals surface area contributed by atoms with Crippen molar-refractivity contribution in [3.8, 4) is 5.75 Å². The third-order valence-corrected chi connectivity index (χ3v) is 7.00. The van der Waals surface area contributed by atoms with Gasteiger partial charge in [0.1, 0.15) is 18.3 Å². The maximum atomic E-state index is 13.9. The van der Waals surface area contributed by atoms with Crippen LogP contribution in [0.5, 0.6) is 5.75 Å². The Morgan fingerprint density at radius 3 is 2.50 bits per heavy atom. The first-order valence-corrected chi connectivity index (χ1v) is 12.4. The summed E-state index contributed by atoms with van der Waals surface area (Å²) >= 11 is 0. The Hall–Kier alpha value is -4.06. The summed E-state index contributed by atoms with van der Waals surface area (Å²) in [7, 11) is 1.65. The minimum absolute atomic E-state index is 0.00603. The topological polar surface area (TPSA) is 54.8 Å². The minimum atomic E-state index is -0.293. The van der Waals surface area contributed by atoms with Gasteiger partial charge in [0.15, 0.2) is 0 Å². The number of para-hydroxylation sites is 1. The number of aromatic nitrogens is 1. The molecule has 6 nitrogen and oxygen atoms in total. The van der Waals surface area contributed by atoms with Crippen molar-refractivity contribution in [1.82, 2.24) is 14.4 Å². The fraction of sp³-hybridized carbons (Fsp3) is 0.267. The number of carbonyl (C=O) groups is 2. The molecule has 4 aromatic rings. The van der Waals surface area contributed by atoms with E-state index in [9.17, 15) is 9.59 Å². The molecule has 0 bridgehead atoms. The van der Waals surface area contributed by atoms with Gasteiger partial charge in [-0.25, -0.2) is 0 Å². The van der Waals surface area contributed by atoms with Crippen LogP contribution in [0.2, 0.25) is 0 Å². The van der Waals surface area contributed by atoms with Gasteiger partial charge in [-0.2, -0.15) is 0 Å². The van der Waals surface area contributed by atoms with Crippen LogP contribution in [0.4, 0.5) is 0 Å². The van der Waals surface area contributed by atoms with Gasteiger partial charge in [0.2, 0.25) is 5.91 Å². The van der Waals surface area contributed by atoms with E-state index in [4.69, 9.17) is 4.74 Å². The Balaban J connectivity index is 1.48. The molecule has 0 saturated heterocycles. The maximum absolute atomic E-state index is 13.9. The summed E-state index contributed by atoms with van der Waals surface area (Å²) in [5, 5.41) is 1.90. The molecule has 36 heavy (non-hydrogen) atoms. The molecule has 184 valence electrons. The number of amides is 2. The summed E-state index contributed by atoms with van der Waals surface area (Å²) < 4.78 is 7.85. The molecule has 3 aromatic carbocycles. The zero-order valence-corrected chi connectivity index (χ0v) is 20.9. The number of fused-ring (bicyclic) bond motifs is 2. The van der Waals surface area contributed by atoms with Crippen LogP contribution in [0.15, 0.2) is 85.1 Å². The number of methoxy groups -OCH3 is 1. The SMILES string of the molecule is COc1ccccc1C1c2cccn2CCN1C(=O)CN(C(=O)c1cccc2ccccc12)C(C)C. The Kier molecular flexibility index (Phi) is 6.51. The Bertz CT molecular complexity index is 1400. The molecule has 6 heteroatoms. The van der Waals surface area contributed by atoms with Crippen molar-refractivity contribution in [3.63, 3.8) is 0 Å². The number of ether oxygens (including phenoxy) is 1. The standard InChI is InChI=1S/C30H31N3O3/c1-21(2)33(30(35)24-14-8-11-22-10-4-5-12-23(22)24)20-28(34)32-19-18-31-17-9-15-26(31)29(32)25-13-6-7-16-27(25)36-3/h4-17,21,29H,18-20H2,1-3H3. The molecule has 1 aliphatic heterocycles. The van der Waals surface area contributed by atoms with Gasteiger partial charge < -0.3 is 19.1 Å². The Morgan fingerprint density at radius 1 is 0.944 bits per heavy atom. The first kappa shape index (κ1) is 23.7. The molecule has 1 unspecified atom stereocenters. The summed E-state index contributed by atoms with van der Waals surface area (Å²) in [6.45, 7) is 5.17. The third-order valence-electron chi connectivity index (χ3n) is 7.00. The van der Waals surface area contributed by atoms with Crippen LogP contribution in [0.3, 0.4) is 0 Å². The van der Waals surface area contributed by atoms with Crippen LogP contribution in [-0.4, -0.2) is 52.4 Å². The van der Waals surface area contributed by atoms with Crippen molar-refractivity contribution in [2.75, 3.05) is 20.2 Å². The van der Waals surface area contributed by atoms with E-state index < -0.39 is 0 Å². The summed E-state index contributed by atoms with van der Waals surface area (Å²) in [5.41, 5.74) is 2.59. The molecule has 0 aliphatic carbocycles. The molecule has 1 atom stereocenters. The van der Waals surface area contributed by atoms with Crippen molar-refractivity contribution in [1.29, 1.82) is 0 Å². The normalized spacial score (nSPS) is 15.1. The number of carbonyl (C=O) groups excluding carboxylic acids is 2. The van der Waals surface area contributed by atoms with Crippen LogP contribution in [0.1, 0.15) is 41.5 Å². The highest BCUT2D eigenvalue weighted by Crippen LogP contribution is 2.37. The van der Waals surface area contributed by atoms with Gasteiger partial charge in [-0.15, -0.1) is 0 Å². The smallest absolute Gasteiger partial charge is 0.255 e. The molecule has 0 N–H and O–H groups in total. The maximum Gasteiger partial charge on any atom is 0.255 e. The van der Waals surface area contributed by atoms with Crippen LogP contribution in [0.25, 0.3) is 10.8 Å². The Labute approximate surface area is 211 Å². The lowest BCUT2D eigenvalue weighted by atomic mass is 9.98. The van der Waals surface area contributed by atoms with Crippen molar-refractivity contribution in [2.45, 2.75) is 32.5 Å². The van der Waals surface area contributed by atoms with Gasteiger partial charge in [0.05, 0.1) is 7.11 Å². The van der Waals surface area contributed by atoms with Gasteiger partial charge in [0.25, 0.3) is 5.91 Å². The summed E-state index contributed by atoms with van der Waals surface area (Å²) in [4.78, 5) is 31.2. The van der Waals surface area contributed by atoms with E-state index in [0.29, 0.717) is 18.7 Å². The first-order valence-electron chi connectivity index (χ1n) is 12.4. The predicted octanol–water partition coefficient (Wildman–Crippen LogP) is 5.13. The molecule has 0 spiro atoms. The molecule has 0 saturated carbocycles. The van der Waals surface area contributed by atoms with E-state index in [2.05, 4.69) is 10.6 Å². The summed E-state index contributed by atoms with van der Waals surface area (Å²) in [6, 6.07) is 25.0. The first-order chi connectivity index (χ1) is 17.5. The van der Waals surface area contributed by atoms with Crippen LogP contribution < -0.4 is 4.74 Å². The number of nitrogens with zero attached hydrogens (tertiary/aromatic N) is 3. The highest BCUT2D eigenvalue weighted by Gasteiger charge is 2.35. The van der Waals surface area contributed by atoms with E-state index in [-0.39, 0.29) is 30.4 Å². The fourth-order valence-electron chi connectivity index (χ4n) is 5.16. The van der Waals surface area contributed by atoms with Crippen LogP contribution in [0, 0.1) is 0 Å². The Morgan fingerprint density at radius 2 is 1.69 bits per heavy atom. The van der Waals surface area contributed by atoms with Gasteiger partial charge in [0, 0.05) is 42.1 Å². The number of hydrogen-bond donors (Lipinski definition) is 0.